The van der Waals surface area contributed by atoms with Crippen molar-refractivity contribution in [2.24, 2.45) is 0 Å². The monoisotopic (exact) mass is 494 g/mol. The average Bonchev–Trinajstić information content (AvgIpc) is 2.79. The van der Waals surface area contributed by atoms with E-state index in [2.05, 4.69) is 47.6 Å². The van der Waals surface area contributed by atoms with E-state index in [1.165, 1.54) is 11.1 Å². The number of carbonyl (C=O) groups is 1. The summed E-state index contributed by atoms with van der Waals surface area (Å²) in [6.07, 6.45) is 2.73. The molecule has 4 atom stereocenters. The zero-order valence-corrected chi connectivity index (χ0v) is 23.7. The molecule has 0 aliphatic carbocycles. The molecule has 6 heteroatoms. The van der Waals surface area contributed by atoms with Crippen molar-refractivity contribution >= 4 is 38.3 Å². The summed E-state index contributed by atoms with van der Waals surface area (Å²) in [5, 5.41) is 0.819. The van der Waals surface area contributed by atoms with Gasteiger partial charge in [-0.05, 0) is 98.6 Å². The zero-order chi connectivity index (χ0) is 25.6. The molecule has 2 rings (SSSR count). The molecule has 0 fully saturated rings. The topological polar surface area (TPSA) is 44.8 Å². The molecule has 0 amide bonds. The van der Waals surface area contributed by atoms with Gasteiger partial charge in [0, 0.05) is 17.7 Å². The summed E-state index contributed by atoms with van der Waals surface area (Å²) in [4.78, 5) is 13.7. The molecule has 0 spiro atoms. The third-order valence-electron chi connectivity index (χ3n) is 6.58. The van der Waals surface area contributed by atoms with Crippen LogP contribution in [0.3, 0.4) is 0 Å². The summed E-state index contributed by atoms with van der Waals surface area (Å²) < 4.78 is 18.8. The average molecular weight is 495 g/mol. The molecule has 0 saturated heterocycles. The minimum absolute atomic E-state index is 0. The number of hydrogen-bond donors (Lipinski definition) is 0. The van der Waals surface area contributed by atoms with Crippen LogP contribution in [0, 0.1) is 27.7 Å². The van der Waals surface area contributed by atoms with Gasteiger partial charge in [0.2, 0.25) is 0 Å². The fourth-order valence-electron chi connectivity index (χ4n) is 3.67. The number of hydrogen-bond acceptors (Lipinski definition) is 4. The molecule has 0 saturated carbocycles. The van der Waals surface area contributed by atoms with Crippen molar-refractivity contribution in [1.29, 1.82) is 0 Å². The Kier molecular flexibility index (Phi) is 12.9. The zero-order valence-electron chi connectivity index (χ0n) is 22.7. The van der Waals surface area contributed by atoms with Crippen molar-refractivity contribution in [3.8, 4) is 17.2 Å². The van der Waals surface area contributed by atoms with Crippen molar-refractivity contribution in [3.05, 3.63) is 46.0 Å². The second-order valence-corrected chi connectivity index (χ2v) is 10.6. The first-order chi connectivity index (χ1) is 16.0. The van der Waals surface area contributed by atoms with Gasteiger partial charge in [0.15, 0.2) is 5.52 Å². The van der Waals surface area contributed by atoms with Crippen LogP contribution < -0.4 is 19.5 Å². The first-order valence-corrected chi connectivity index (χ1v) is 13.6. The van der Waals surface area contributed by atoms with Crippen LogP contribution in [0.2, 0.25) is 0 Å². The maximum absolute atomic E-state index is 13.7. The maximum atomic E-state index is 13.7. The van der Waals surface area contributed by atoms with Gasteiger partial charge in [0.25, 0.3) is 0 Å². The molecule has 0 aromatic heterocycles. The molecule has 0 N–H and O–H groups in total. The molecule has 4 unspecified atom stereocenters. The van der Waals surface area contributed by atoms with Crippen LogP contribution >= 0.6 is 8.58 Å². The van der Waals surface area contributed by atoms with Gasteiger partial charge in [0.05, 0.1) is 23.6 Å². The van der Waals surface area contributed by atoms with Crippen molar-refractivity contribution in [2.75, 3.05) is 0 Å². The van der Waals surface area contributed by atoms with E-state index in [0.717, 1.165) is 41.3 Å². The summed E-state index contributed by atoms with van der Waals surface area (Å²) in [6.45, 7) is 20.7. The molecule has 2 aromatic carbocycles. The predicted molar refractivity (Wildman–Crippen MR) is 152 cm³/mol. The Morgan fingerprint density at radius 1 is 0.743 bits per heavy atom. The Morgan fingerprint density at radius 3 is 1.66 bits per heavy atom. The summed E-state index contributed by atoms with van der Waals surface area (Å²) >= 11 is 0. The van der Waals surface area contributed by atoms with E-state index in [4.69, 9.17) is 14.2 Å². The van der Waals surface area contributed by atoms with Gasteiger partial charge in [0.1, 0.15) is 17.2 Å². The Labute approximate surface area is 226 Å². The Bertz CT molecular complexity index is 972. The van der Waals surface area contributed by atoms with Gasteiger partial charge in [-0.1, -0.05) is 26.8 Å². The fourth-order valence-corrected chi connectivity index (χ4v) is 4.91. The molecule has 0 aliphatic rings. The van der Waals surface area contributed by atoms with Gasteiger partial charge in [-0.15, -0.1) is 0 Å². The molecule has 0 radical (unpaired) electrons. The number of carbonyl (C=O) groups excluding carboxylic acids is 1. The van der Waals surface area contributed by atoms with E-state index in [-0.39, 0.29) is 51.3 Å². The molecular formula is C29H44LiO4P. The summed E-state index contributed by atoms with van der Waals surface area (Å²) in [6, 6.07) is 5.96. The molecule has 0 bridgehead atoms. The quantitative estimate of drug-likeness (QED) is 0.237. The SMILES string of the molecule is CCC(C)Oc1cc(OC(C)CC)c(PC(=O)c2c(C)cc(C)c(C)c2C)c(OC(C)CC)c1.[LiH]. The van der Waals surface area contributed by atoms with E-state index in [0.29, 0.717) is 17.2 Å². The first kappa shape index (κ1) is 31.6. The van der Waals surface area contributed by atoms with Crippen LogP contribution in [0.5, 0.6) is 17.2 Å². The van der Waals surface area contributed by atoms with E-state index >= 15 is 0 Å². The Balaban J connectivity index is 0.00000612. The van der Waals surface area contributed by atoms with Crippen molar-refractivity contribution < 1.29 is 19.0 Å². The van der Waals surface area contributed by atoms with Crippen LogP contribution in [0.4, 0.5) is 0 Å². The van der Waals surface area contributed by atoms with Crippen molar-refractivity contribution in [2.45, 2.75) is 107 Å². The Morgan fingerprint density at radius 2 is 1.20 bits per heavy atom. The van der Waals surface area contributed by atoms with Crippen LogP contribution in [-0.4, -0.2) is 42.7 Å². The normalized spacial score (nSPS) is 13.8. The molecule has 4 nitrogen and oxygen atoms in total. The van der Waals surface area contributed by atoms with Crippen molar-refractivity contribution in [1.82, 2.24) is 0 Å². The van der Waals surface area contributed by atoms with Gasteiger partial charge in [-0.2, -0.15) is 0 Å². The third kappa shape index (κ3) is 8.28. The summed E-state index contributed by atoms with van der Waals surface area (Å²) in [5.74, 6) is 2.07. The second kappa shape index (κ2) is 14.3. The molecule has 190 valence electrons. The second-order valence-electron chi connectivity index (χ2n) is 9.39. The number of aryl methyl sites for hydroxylation is 2. The van der Waals surface area contributed by atoms with Crippen LogP contribution in [0.25, 0.3) is 0 Å². The standard InChI is InChI=1S/C29H43O4P.Li.H/c1-11-19(6)31-24-15-25(32-20(7)12-2)28(26(16-24)33-21(8)13-3)34-29(30)27-18(5)14-17(4)22(9)23(27)10;;/h14-16,19-21,34H,11-13H2,1-10H3;;. The number of rotatable bonds is 12. The molecule has 35 heavy (non-hydrogen) atoms. The molecule has 2 aromatic rings. The van der Waals surface area contributed by atoms with Crippen molar-refractivity contribution in [3.63, 3.8) is 0 Å². The molecule has 0 aliphatic heterocycles. The summed E-state index contributed by atoms with van der Waals surface area (Å²) in [5.41, 5.74) is 5.37. The van der Waals surface area contributed by atoms with E-state index in [9.17, 15) is 4.79 Å². The van der Waals surface area contributed by atoms with Crippen LogP contribution in [0.1, 0.15) is 93.4 Å². The van der Waals surface area contributed by atoms with Gasteiger partial charge in [-0.25, -0.2) is 0 Å². The molecule has 0 heterocycles. The fraction of sp³-hybridized carbons (Fsp3) is 0.552. The third-order valence-corrected chi connectivity index (χ3v) is 7.80. The molecular weight excluding hydrogens is 450 g/mol. The predicted octanol–water partition coefficient (Wildman–Crippen LogP) is 6.95. The number of ether oxygens (including phenoxy) is 3. The summed E-state index contributed by atoms with van der Waals surface area (Å²) in [7, 11) is -0.111. The van der Waals surface area contributed by atoms with Crippen LogP contribution in [0.15, 0.2) is 18.2 Å². The number of benzene rings is 2. The van der Waals surface area contributed by atoms with E-state index in [1.54, 1.807) is 0 Å². The first-order valence-electron chi connectivity index (χ1n) is 12.6. The van der Waals surface area contributed by atoms with Crippen LogP contribution in [-0.2, 0) is 0 Å². The Hall–Kier alpha value is -1.46. The minimum atomic E-state index is -0.111. The van der Waals surface area contributed by atoms with Gasteiger partial charge in [-0.3, -0.25) is 4.79 Å². The van der Waals surface area contributed by atoms with Gasteiger partial charge >= 0.3 is 18.9 Å². The van der Waals surface area contributed by atoms with E-state index < -0.39 is 0 Å². The van der Waals surface area contributed by atoms with E-state index in [1.807, 2.05) is 39.8 Å². The van der Waals surface area contributed by atoms with Gasteiger partial charge < -0.3 is 14.2 Å².